The Labute approximate surface area is 167 Å². The van der Waals surface area contributed by atoms with Crippen molar-refractivity contribution in [2.45, 2.75) is 53.4 Å². The molecule has 0 heterocycles. The average molecular weight is 402 g/mol. The first-order chi connectivity index (χ1) is 13.2. The molecule has 0 saturated carbocycles. The summed E-state index contributed by atoms with van der Waals surface area (Å²) in [5.41, 5.74) is 0. The predicted octanol–water partition coefficient (Wildman–Crippen LogP) is 2.12. The van der Waals surface area contributed by atoms with Crippen LogP contribution in [0.25, 0.3) is 0 Å². The predicted molar refractivity (Wildman–Crippen MR) is 102 cm³/mol. The van der Waals surface area contributed by atoms with E-state index in [-0.39, 0.29) is 88.7 Å². The van der Waals surface area contributed by atoms with Crippen molar-refractivity contribution in [2.75, 3.05) is 39.6 Å². The van der Waals surface area contributed by atoms with E-state index in [1.165, 1.54) is 0 Å². The normalized spacial score (nSPS) is 10.9. The van der Waals surface area contributed by atoms with Gasteiger partial charge < -0.3 is 18.9 Å². The SMILES string of the molecule is CC(C)C(=O)CCOC(=O)CCOCCOCCC(=O)OCCC(=O)C(C)C. The van der Waals surface area contributed by atoms with Crippen LogP contribution in [-0.4, -0.2) is 63.1 Å². The molecule has 0 aliphatic carbocycles. The van der Waals surface area contributed by atoms with Crippen molar-refractivity contribution < 1.29 is 38.1 Å². The molecule has 0 aliphatic heterocycles. The van der Waals surface area contributed by atoms with Crippen molar-refractivity contribution in [1.82, 2.24) is 0 Å². The van der Waals surface area contributed by atoms with Crippen LogP contribution in [0.3, 0.4) is 0 Å². The van der Waals surface area contributed by atoms with E-state index in [4.69, 9.17) is 18.9 Å². The third-order valence-electron chi connectivity index (χ3n) is 3.78. The van der Waals surface area contributed by atoms with Gasteiger partial charge in [0.1, 0.15) is 11.6 Å². The van der Waals surface area contributed by atoms with Crippen LogP contribution in [0.2, 0.25) is 0 Å². The average Bonchev–Trinajstić information content (AvgIpc) is 2.63. The molecule has 0 atom stereocenters. The van der Waals surface area contributed by atoms with Crippen molar-refractivity contribution in [3.63, 3.8) is 0 Å². The highest BCUT2D eigenvalue weighted by Crippen LogP contribution is 2.01. The third kappa shape index (κ3) is 15.3. The van der Waals surface area contributed by atoms with Crippen molar-refractivity contribution >= 4 is 23.5 Å². The summed E-state index contributed by atoms with van der Waals surface area (Å²) in [6.45, 7) is 8.39. The highest BCUT2D eigenvalue weighted by molar-refractivity contribution is 5.81. The van der Waals surface area contributed by atoms with E-state index in [1.807, 2.05) is 0 Å². The second-order valence-corrected chi connectivity index (χ2v) is 6.91. The maximum atomic E-state index is 11.5. The van der Waals surface area contributed by atoms with Crippen LogP contribution in [-0.2, 0) is 38.1 Å². The number of rotatable bonds is 17. The van der Waals surface area contributed by atoms with Crippen molar-refractivity contribution in [3.8, 4) is 0 Å². The Balaban J connectivity index is 3.45. The Bertz CT molecular complexity index is 441. The van der Waals surface area contributed by atoms with Crippen molar-refractivity contribution in [3.05, 3.63) is 0 Å². The summed E-state index contributed by atoms with van der Waals surface area (Å²) in [6, 6.07) is 0. The van der Waals surface area contributed by atoms with Crippen LogP contribution in [0, 0.1) is 11.8 Å². The van der Waals surface area contributed by atoms with E-state index < -0.39 is 11.9 Å². The molecule has 0 bridgehead atoms. The largest absolute Gasteiger partial charge is 0.465 e. The number of ether oxygens (including phenoxy) is 4. The first-order valence-electron chi connectivity index (χ1n) is 9.76. The highest BCUT2D eigenvalue weighted by atomic mass is 16.5. The molecule has 0 aromatic carbocycles. The lowest BCUT2D eigenvalue weighted by Gasteiger charge is -2.08. The third-order valence-corrected chi connectivity index (χ3v) is 3.78. The van der Waals surface area contributed by atoms with Gasteiger partial charge in [-0.25, -0.2) is 0 Å². The Kier molecular flexibility index (Phi) is 15.1. The van der Waals surface area contributed by atoms with Gasteiger partial charge >= 0.3 is 11.9 Å². The zero-order valence-corrected chi connectivity index (χ0v) is 17.5. The van der Waals surface area contributed by atoms with Gasteiger partial charge in [-0.15, -0.1) is 0 Å². The van der Waals surface area contributed by atoms with Crippen LogP contribution in [0.5, 0.6) is 0 Å². The van der Waals surface area contributed by atoms with E-state index in [1.54, 1.807) is 27.7 Å². The van der Waals surface area contributed by atoms with Crippen molar-refractivity contribution in [1.29, 1.82) is 0 Å². The zero-order chi connectivity index (χ0) is 21.4. The number of ketones is 2. The Hall–Kier alpha value is -1.80. The number of hydrogen-bond donors (Lipinski definition) is 0. The Morgan fingerprint density at radius 1 is 0.536 bits per heavy atom. The van der Waals surface area contributed by atoms with Crippen molar-refractivity contribution in [2.24, 2.45) is 11.8 Å². The van der Waals surface area contributed by atoms with E-state index in [2.05, 4.69) is 0 Å². The lowest BCUT2D eigenvalue weighted by molar-refractivity contribution is -0.147. The Morgan fingerprint density at radius 3 is 1.21 bits per heavy atom. The molecular formula is C20H34O8. The summed E-state index contributed by atoms with van der Waals surface area (Å²) in [6.07, 6.45) is 0.678. The molecule has 0 N–H and O–H groups in total. The molecule has 162 valence electrons. The van der Waals surface area contributed by atoms with Crippen LogP contribution in [0.4, 0.5) is 0 Å². The summed E-state index contributed by atoms with van der Waals surface area (Å²) in [4.78, 5) is 45.7. The maximum absolute atomic E-state index is 11.5. The molecule has 0 radical (unpaired) electrons. The Morgan fingerprint density at radius 2 is 0.893 bits per heavy atom. The van der Waals surface area contributed by atoms with E-state index >= 15 is 0 Å². The minimum Gasteiger partial charge on any atom is -0.465 e. The fourth-order valence-electron chi connectivity index (χ4n) is 1.89. The molecule has 0 spiro atoms. The molecule has 0 aromatic heterocycles. The van der Waals surface area contributed by atoms with Crippen LogP contribution < -0.4 is 0 Å². The monoisotopic (exact) mass is 402 g/mol. The first kappa shape index (κ1) is 26.2. The van der Waals surface area contributed by atoms with Gasteiger partial charge in [0.15, 0.2) is 0 Å². The van der Waals surface area contributed by atoms with Gasteiger partial charge in [0.2, 0.25) is 0 Å². The van der Waals surface area contributed by atoms with E-state index in [9.17, 15) is 19.2 Å². The molecule has 0 unspecified atom stereocenters. The lowest BCUT2D eigenvalue weighted by Crippen LogP contribution is -2.16. The number of esters is 2. The van der Waals surface area contributed by atoms with Crippen LogP contribution >= 0.6 is 0 Å². The van der Waals surface area contributed by atoms with Crippen LogP contribution in [0.15, 0.2) is 0 Å². The maximum Gasteiger partial charge on any atom is 0.308 e. The number of carbonyl (C=O) groups excluding carboxylic acids is 4. The van der Waals surface area contributed by atoms with E-state index in [0.29, 0.717) is 0 Å². The molecule has 0 amide bonds. The molecule has 0 saturated heterocycles. The fourth-order valence-corrected chi connectivity index (χ4v) is 1.89. The van der Waals surface area contributed by atoms with Gasteiger partial charge in [-0.3, -0.25) is 19.2 Å². The van der Waals surface area contributed by atoms with Gasteiger partial charge in [-0.2, -0.15) is 0 Å². The van der Waals surface area contributed by atoms with Gasteiger partial charge in [-0.1, -0.05) is 27.7 Å². The quantitative estimate of drug-likeness (QED) is 0.269. The van der Waals surface area contributed by atoms with Crippen LogP contribution in [0.1, 0.15) is 53.4 Å². The molecule has 0 rings (SSSR count). The topological polar surface area (TPSA) is 105 Å². The minimum absolute atomic E-state index is 0.0574. The highest BCUT2D eigenvalue weighted by Gasteiger charge is 2.10. The smallest absolute Gasteiger partial charge is 0.308 e. The molecular weight excluding hydrogens is 368 g/mol. The summed E-state index contributed by atoms with van der Waals surface area (Å²) in [7, 11) is 0. The summed E-state index contributed by atoms with van der Waals surface area (Å²) >= 11 is 0. The van der Waals surface area contributed by atoms with E-state index in [0.717, 1.165) is 0 Å². The zero-order valence-electron chi connectivity index (χ0n) is 17.5. The number of carbonyl (C=O) groups is 4. The van der Waals surface area contributed by atoms with Gasteiger partial charge in [0.05, 0.1) is 52.5 Å². The first-order valence-corrected chi connectivity index (χ1v) is 9.76. The standard InChI is InChI=1S/C20H34O8/c1-15(2)17(21)5-11-27-19(23)7-9-25-13-14-26-10-8-20(24)28-12-6-18(22)16(3)4/h15-16H,5-14H2,1-4H3. The molecule has 8 heteroatoms. The second-order valence-electron chi connectivity index (χ2n) is 6.91. The second kappa shape index (κ2) is 16.2. The molecule has 0 aliphatic rings. The summed E-state index contributed by atoms with van der Waals surface area (Å²) in [5, 5.41) is 0. The fraction of sp³-hybridized carbons (Fsp3) is 0.800. The van der Waals surface area contributed by atoms with Gasteiger partial charge in [-0.05, 0) is 0 Å². The summed E-state index contributed by atoms with van der Waals surface area (Å²) in [5.74, 6) is -0.800. The van der Waals surface area contributed by atoms with Gasteiger partial charge in [0, 0.05) is 24.7 Å². The molecule has 28 heavy (non-hydrogen) atoms. The number of Topliss-reactive ketones (excluding diaryl/α,β-unsaturated/α-hetero) is 2. The van der Waals surface area contributed by atoms with Gasteiger partial charge in [0.25, 0.3) is 0 Å². The lowest BCUT2D eigenvalue weighted by atomic mass is 10.1. The molecule has 0 aromatic rings. The molecule has 0 fully saturated rings. The minimum atomic E-state index is -0.406. The summed E-state index contributed by atoms with van der Waals surface area (Å²) < 4.78 is 20.4. The molecule has 8 nitrogen and oxygen atoms in total. The number of hydrogen-bond acceptors (Lipinski definition) is 8.